The summed E-state index contributed by atoms with van der Waals surface area (Å²) in [4.78, 5) is 14.3. The monoisotopic (exact) mass is 293 g/mol. The van der Waals surface area contributed by atoms with Gasteiger partial charge in [-0.05, 0) is 19.4 Å². The second-order valence-electron chi connectivity index (χ2n) is 5.62. The standard InChI is InChI=1S/C15H15N7/c1-10-4-13-14(20-10)15(18-9-17-13)21-3-2-12(8-21)22-7-11(5-16)6-19-22/h4,6-7,9,12,20H,2-3,8H2,1H3. The van der Waals surface area contributed by atoms with E-state index in [1.165, 1.54) is 0 Å². The first-order chi connectivity index (χ1) is 10.7. The van der Waals surface area contributed by atoms with E-state index in [1.54, 1.807) is 12.5 Å². The van der Waals surface area contributed by atoms with Crippen LogP contribution in [0.1, 0.15) is 23.7 Å². The number of nitriles is 1. The van der Waals surface area contributed by atoms with Crippen molar-refractivity contribution in [1.82, 2.24) is 24.7 Å². The zero-order chi connectivity index (χ0) is 15.1. The molecular weight excluding hydrogens is 278 g/mol. The van der Waals surface area contributed by atoms with Crippen molar-refractivity contribution < 1.29 is 0 Å². The molecule has 7 nitrogen and oxygen atoms in total. The first-order valence-corrected chi connectivity index (χ1v) is 7.24. The Labute approximate surface area is 127 Å². The SMILES string of the molecule is Cc1cc2ncnc(N3CCC(n4cc(C#N)cn4)C3)c2[nH]1. The van der Waals surface area contributed by atoms with Crippen LogP contribution >= 0.6 is 0 Å². The van der Waals surface area contributed by atoms with E-state index in [9.17, 15) is 0 Å². The third kappa shape index (κ3) is 2.00. The number of anilines is 1. The lowest BCUT2D eigenvalue weighted by Gasteiger charge is -2.18. The van der Waals surface area contributed by atoms with Gasteiger partial charge in [0.15, 0.2) is 5.82 Å². The number of aromatic amines is 1. The zero-order valence-corrected chi connectivity index (χ0v) is 12.2. The Morgan fingerprint density at radius 3 is 3.14 bits per heavy atom. The van der Waals surface area contributed by atoms with Gasteiger partial charge < -0.3 is 9.88 Å². The lowest BCUT2D eigenvalue weighted by molar-refractivity contribution is 0.494. The molecule has 3 aromatic heterocycles. The van der Waals surface area contributed by atoms with Gasteiger partial charge in [0.1, 0.15) is 17.9 Å². The van der Waals surface area contributed by atoms with Gasteiger partial charge in [-0.25, -0.2) is 9.97 Å². The van der Waals surface area contributed by atoms with Crippen LogP contribution in [0.25, 0.3) is 11.0 Å². The molecule has 0 spiro atoms. The van der Waals surface area contributed by atoms with Gasteiger partial charge in [0, 0.05) is 25.0 Å². The Bertz CT molecular complexity index is 870. The molecule has 0 saturated carbocycles. The summed E-state index contributed by atoms with van der Waals surface area (Å²) in [5, 5.41) is 13.2. The van der Waals surface area contributed by atoms with Gasteiger partial charge in [-0.2, -0.15) is 10.4 Å². The summed E-state index contributed by atoms with van der Waals surface area (Å²) in [7, 11) is 0. The molecule has 7 heteroatoms. The summed E-state index contributed by atoms with van der Waals surface area (Å²) in [6, 6.07) is 4.41. The minimum absolute atomic E-state index is 0.267. The van der Waals surface area contributed by atoms with Crippen LogP contribution in [0.5, 0.6) is 0 Å². The average molecular weight is 293 g/mol. The number of hydrogen-bond acceptors (Lipinski definition) is 5. The predicted octanol–water partition coefficient (Wildman–Crippen LogP) is 1.79. The third-order valence-electron chi connectivity index (χ3n) is 4.10. The van der Waals surface area contributed by atoms with E-state index >= 15 is 0 Å². The fourth-order valence-electron chi connectivity index (χ4n) is 3.04. The maximum absolute atomic E-state index is 8.91. The van der Waals surface area contributed by atoms with E-state index in [0.29, 0.717) is 5.56 Å². The van der Waals surface area contributed by atoms with E-state index in [4.69, 9.17) is 5.26 Å². The van der Waals surface area contributed by atoms with Crippen molar-refractivity contribution in [3.8, 4) is 6.07 Å². The molecule has 1 saturated heterocycles. The Morgan fingerprint density at radius 1 is 1.41 bits per heavy atom. The Hall–Kier alpha value is -2.88. The Kier molecular flexibility index (Phi) is 2.82. The lowest BCUT2D eigenvalue weighted by atomic mass is 10.3. The number of aromatic nitrogens is 5. The van der Waals surface area contributed by atoms with E-state index in [-0.39, 0.29) is 6.04 Å². The van der Waals surface area contributed by atoms with Crippen LogP contribution in [0.3, 0.4) is 0 Å². The minimum atomic E-state index is 0.267. The first-order valence-electron chi connectivity index (χ1n) is 7.24. The maximum atomic E-state index is 8.91. The van der Waals surface area contributed by atoms with E-state index in [1.807, 2.05) is 23.9 Å². The molecule has 1 N–H and O–H groups in total. The molecule has 0 bridgehead atoms. The highest BCUT2D eigenvalue weighted by atomic mass is 15.3. The molecule has 22 heavy (non-hydrogen) atoms. The molecule has 1 fully saturated rings. The van der Waals surface area contributed by atoms with Crippen LogP contribution in [-0.4, -0.2) is 37.8 Å². The third-order valence-corrected chi connectivity index (χ3v) is 4.10. The molecule has 4 rings (SSSR count). The van der Waals surface area contributed by atoms with Gasteiger partial charge in [0.05, 0.1) is 23.3 Å². The summed E-state index contributed by atoms with van der Waals surface area (Å²) >= 11 is 0. The van der Waals surface area contributed by atoms with E-state index in [2.05, 4.69) is 31.0 Å². The van der Waals surface area contributed by atoms with Gasteiger partial charge in [0.25, 0.3) is 0 Å². The highest BCUT2D eigenvalue weighted by Gasteiger charge is 2.27. The van der Waals surface area contributed by atoms with Crippen molar-refractivity contribution in [1.29, 1.82) is 5.26 Å². The van der Waals surface area contributed by atoms with Gasteiger partial charge in [-0.3, -0.25) is 4.68 Å². The molecule has 3 aromatic rings. The molecule has 1 unspecified atom stereocenters. The summed E-state index contributed by atoms with van der Waals surface area (Å²) in [5.41, 5.74) is 3.61. The number of fused-ring (bicyclic) bond motifs is 1. The maximum Gasteiger partial charge on any atom is 0.156 e. The van der Waals surface area contributed by atoms with Crippen LogP contribution in [-0.2, 0) is 0 Å². The Balaban J connectivity index is 1.63. The summed E-state index contributed by atoms with van der Waals surface area (Å²) < 4.78 is 1.89. The lowest BCUT2D eigenvalue weighted by Crippen LogP contribution is -2.22. The van der Waals surface area contributed by atoms with Gasteiger partial charge in [0.2, 0.25) is 0 Å². The van der Waals surface area contributed by atoms with Crippen LogP contribution in [0, 0.1) is 18.3 Å². The smallest absolute Gasteiger partial charge is 0.156 e. The largest absolute Gasteiger partial charge is 0.354 e. The van der Waals surface area contributed by atoms with Crippen molar-refractivity contribution in [3.63, 3.8) is 0 Å². The quantitative estimate of drug-likeness (QED) is 0.778. The van der Waals surface area contributed by atoms with E-state index < -0.39 is 0 Å². The topological polar surface area (TPSA) is 86.4 Å². The van der Waals surface area contributed by atoms with Gasteiger partial charge in [-0.15, -0.1) is 0 Å². The minimum Gasteiger partial charge on any atom is -0.354 e. The Morgan fingerprint density at radius 2 is 2.32 bits per heavy atom. The summed E-state index contributed by atoms with van der Waals surface area (Å²) in [6.45, 7) is 3.76. The van der Waals surface area contributed by atoms with E-state index in [0.717, 1.165) is 42.1 Å². The van der Waals surface area contributed by atoms with Crippen molar-refractivity contribution in [2.75, 3.05) is 18.0 Å². The first kappa shape index (κ1) is 12.8. The number of aryl methyl sites for hydroxylation is 1. The molecule has 0 amide bonds. The zero-order valence-electron chi connectivity index (χ0n) is 12.2. The van der Waals surface area contributed by atoms with Crippen LogP contribution in [0.4, 0.5) is 5.82 Å². The van der Waals surface area contributed by atoms with Gasteiger partial charge in [-0.1, -0.05) is 0 Å². The molecule has 1 aliphatic rings. The molecule has 0 aromatic carbocycles. The summed E-state index contributed by atoms with van der Waals surface area (Å²) in [5.74, 6) is 0.938. The van der Waals surface area contributed by atoms with Gasteiger partial charge >= 0.3 is 0 Å². The number of nitrogens with zero attached hydrogens (tertiary/aromatic N) is 6. The summed E-state index contributed by atoms with van der Waals surface area (Å²) in [6.07, 6.45) is 6.01. The fraction of sp³-hybridized carbons (Fsp3) is 0.333. The molecule has 110 valence electrons. The molecule has 1 aliphatic heterocycles. The normalized spacial score (nSPS) is 18.0. The predicted molar refractivity (Wildman–Crippen MR) is 81.4 cm³/mol. The van der Waals surface area contributed by atoms with Crippen molar-refractivity contribution in [2.45, 2.75) is 19.4 Å². The van der Waals surface area contributed by atoms with Crippen molar-refractivity contribution in [2.24, 2.45) is 0 Å². The molecule has 0 radical (unpaired) electrons. The van der Waals surface area contributed by atoms with Crippen LogP contribution in [0.2, 0.25) is 0 Å². The van der Waals surface area contributed by atoms with Crippen LogP contribution < -0.4 is 4.90 Å². The second kappa shape index (κ2) is 4.84. The number of H-pyrrole nitrogens is 1. The molecular formula is C15H15N7. The average Bonchev–Trinajstić information content (AvgIpc) is 3.24. The molecule has 4 heterocycles. The van der Waals surface area contributed by atoms with Crippen molar-refractivity contribution >= 4 is 16.9 Å². The highest BCUT2D eigenvalue weighted by molar-refractivity contribution is 5.86. The number of rotatable bonds is 2. The number of nitrogens with one attached hydrogen (secondary N) is 1. The molecule has 0 aliphatic carbocycles. The fourth-order valence-corrected chi connectivity index (χ4v) is 3.04. The number of hydrogen-bond donors (Lipinski definition) is 1. The van der Waals surface area contributed by atoms with Crippen LogP contribution in [0.15, 0.2) is 24.8 Å². The molecule has 1 atom stereocenters. The second-order valence-corrected chi connectivity index (χ2v) is 5.62. The van der Waals surface area contributed by atoms with Crippen molar-refractivity contribution in [3.05, 3.63) is 36.0 Å². The highest BCUT2D eigenvalue weighted by Crippen LogP contribution is 2.29.